The van der Waals surface area contributed by atoms with Gasteiger partial charge in [-0.2, -0.15) is 0 Å². The van der Waals surface area contributed by atoms with Gasteiger partial charge in [0.05, 0.1) is 6.10 Å². The van der Waals surface area contributed by atoms with Gasteiger partial charge in [0.25, 0.3) is 0 Å². The first-order valence-corrected chi connectivity index (χ1v) is 5.37. The second-order valence-electron chi connectivity index (χ2n) is 4.14. The topological polar surface area (TPSA) is 20.2 Å². The molecule has 0 aliphatic carbocycles. The summed E-state index contributed by atoms with van der Waals surface area (Å²) in [7, 11) is 0. The number of benzene rings is 1. The Labute approximate surface area is 86.8 Å². The van der Waals surface area contributed by atoms with Crippen LogP contribution in [-0.4, -0.2) is 5.11 Å². The van der Waals surface area contributed by atoms with Crippen LogP contribution in [0.15, 0.2) is 18.2 Å². The molecular formula is C13H20O. The second kappa shape index (κ2) is 4.61. The van der Waals surface area contributed by atoms with Crippen LogP contribution in [-0.2, 0) is 6.42 Å². The third kappa shape index (κ3) is 2.36. The fourth-order valence-electron chi connectivity index (χ4n) is 1.68. The molecule has 0 fully saturated rings. The maximum Gasteiger partial charge on any atom is 0.0764 e. The van der Waals surface area contributed by atoms with Crippen molar-refractivity contribution in [1.82, 2.24) is 0 Å². The van der Waals surface area contributed by atoms with Gasteiger partial charge in [-0.3, -0.25) is 0 Å². The second-order valence-corrected chi connectivity index (χ2v) is 4.14. The zero-order valence-corrected chi connectivity index (χ0v) is 9.54. The average molecular weight is 192 g/mol. The molecule has 78 valence electrons. The lowest BCUT2D eigenvalue weighted by atomic mass is 9.94. The smallest absolute Gasteiger partial charge is 0.0764 e. The number of hydrogen-bond donors (Lipinski definition) is 1. The first-order chi connectivity index (χ1) is 6.56. The van der Waals surface area contributed by atoms with Crippen LogP contribution in [0, 0.1) is 0 Å². The van der Waals surface area contributed by atoms with Gasteiger partial charge in [-0.15, -0.1) is 0 Å². The molecule has 0 radical (unpaired) electrons. The number of rotatable bonds is 3. The molecule has 1 heteroatoms. The molecule has 0 bridgehead atoms. The Balaban J connectivity index is 3.14. The number of aliphatic hydroxyl groups excluding tert-OH is 1. The average Bonchev–Trinajstić information content (AvgIpc) is 2.16. The van der Waals surface area contributed by atoms with E-state index in [4.69, 9.17) is 0 Å². The molecule has 1 nitrogen and oxygen atoms in total. The van der Waals surface area contributed by atoms with Crippen LogP contribution >= 0.6 is 0 Å². The standard InChI is InChI=1S/C13H20O/c1-5-11-6-7-12(9(2)3)8-13(11)10(4)14/h6-10,14H,5H2,1-4H3. The molecule has 0 spiro atoms. The van der Waals surface area contributed by atoms with E-state index in [0.717, 1.165) is 12.0 Å². The summed E-state index contributed by atoms with van der Waals surface area (Å²) >= 11 is 0. The van der Waals surface area contributed by atoms with Crippen molar-refractivity contribution >= 4 is 0 Å². The molecule has 1 rings (SSSR count). The molecule has 0 heterocycles. The molecule has 0 aliphatic heterocycles. The van der Waals surface area contributed by atoms with Crippen LogP contribution in [0.25, 0.3) is 0 Å². The van der Waals surface area contributed by atoms with Crippen molar-refractivity contribution in [3.8, 4) is 0 Å². The Hall–Kier alpha value is -0.820. The fraction of sp³-hybridized carbons (Fsp3) is 0.538. The van der Waals surface area contributed by atoms with E-state index in [0.29, 0.717) is 5.92 Å². The minimum Gasteiger partial charge on any atom is -0.389 e. The fourth-order valence-corrected chi connectivity index (χ4v) is 1.68. The maximum absolute atomic E-state index is 9.64. The zero-order chi connectivity index (χ0) is 10.7. The van der Waals surface area contributed by atoms with Crippen LogP contribution in [0.1, 0.15) is 56.4 Å². The summed E-state index contributed by atoms with van der Waals surface area (Å²) in [5.41, 5.74) is 3.64. The highest BCUT2D eigenvalue weighted by Gasteiger charge is 2.08. The summed E-state index contributed by atoms with van der Waals surface area (Å²) in [6.07, 6.45) is 0.627. The van der Waals surface area contributed by atoms with E-state index in [9.17, 15) is 5.11 Å². The van der Waals surface area contributed by atoms with Crippen molar-refractivity contribution in [1.29, 1.82) is 0 Å². The Morgan fingerprint density at radius 2 is 1.86 bits per heavy atom. The molecule has 0 saturated carbocycles. The molecule has 1 atom stereocenters. The van der Waals surface area contributed by atoms with Crippen molar-refractivity contribution in [2.75, 3.05) is 0 Å². The first-order valence-electron chi connectivity index (χ1n) is 5.37. The minimum atomic E-state index is -0.358. The van der Waals surface area contributed by atoms with Gasteiger partial charge in [0.1, 0.15) is 0 Å². The van der Waals surface area contributed by atoms with Gasteiger partial charge in [-0.1, -0.05) is 39.0 Å². The van der Waals surface area contributed by atoms with Gasteiger partial charge in [-0.05, 0) is 36.0 Å². The monoisotopic (exact) mass is 192 g/mol. The number of aryl methyl sites for hydroxylation is 1. The molecule has 0 aromatic heterocycles. The highest BCUT2D eigenvalue weighted by molar-refractivity contribution is 5.34. The summed E-state index contributed by atoms with van der Waals surface area (Å²) in [5.74, 6) is 0.526. The van der Waals surface area contributed by atoms with Crippen LogP contribution in [0.3, 0.4) is 0 Å². The van der Waals surface area contributed by atoms with Crippen molar-refractivity contribution in [2.45, 2.75) is 46.1 Å². The minimum absolute atomic E-state index is 0.358. The van der Waals surface area contributed by atoms with E-state index in [1.165, 1.54) is 11.1 Å². The molecule has 1 aromatic carbocycles. The summed E-state index contributed by atoms with van der Waals surface area (Å²) < 4.78 is 0. The molecule has 0 amide bonds. The SMILES string of the molecule is CCc1ccc(C(C)C)cc1C(C)O. The summed E-state index contributed by atoms with van der Waals surface area (Å²) in [6.45, 7) is 8.30. The van der Waals surface area contributed by atoms with Crippen LogP contribution in [0.4, 0.5) is 0 Å². The van der Waals surface area contributed by atoms with E-state index in [1.54, 1.807) is 0 Å². The first kappa shape index (κ1) is 11.3. The van der Waals surface area contributed by atoms with E-state index in [1.807, 2.05) is 6.92 Å². The molecule has 14 heavy (non-hydrogen) atoms. The van der Waals surface area contributed by atoms with Crippen molar-refractivity contribution < 1.29 is 5.11 Å². The largest absolute Gasteiger partial charge is 0.389 e. The Morgan fingerprint density at radius 1 is 1.21 bits per heavy atom. The molecule has 0 saturated heterocycles. The molecule has 1 N–H and O–H groups in total. The Kier molecular flexibility index (Phi) is 3.70. The lowest BCUT2D eigenvalue weighted by molar-refractivity contribution is 0.198. The summed E-state index contributed by atoms with van der Waals surface area (Å²) in [6, 6.07) is 6.43. The predicted molar refractivity (Wildman–Crippen MR) is 60.5 cm³/mol. The summed E-state index contributed by atoms with van der Waals surface area (Å²) in [5, 5.41) is 9.64. The molecular weight excluding hydrogens is 172 g/mol. The van der Waals surface area contributed by atoms with Crippen molar-refractivity contribution in [3.05, 3.63) is 34.9 Å². The van der Waals surface area contributed by atoms with E-state index in [-0.39, 0.29) is 6.10 Å². The predicted octanol–water partition coefficient (Wildman–Crippen LogP) is 3.43. The Morgan fingerprint density at radius 3 is 2.29 bits per heavy atom. The summed E-state index contributed by atoms with van der Waals surface area (Å²) in [4.78, 5) is 0. The zero-order valence-electron chi connectivity index (χ0n) is 9.54. The maximum atomic E-state index is 9.64. The van der Waals surface area contributed by atoms with Gasteiger partial charge in [-0.25, -0.2) is 0 Å². The van der Waals surface area contributed by atoms with E-state index in [2.05, 4.69) is 39.0 Å². The number of aliphatic hydroxyl groups is 1. The third-order valence-corrected chi connectivity index (χ3v) is 2.67. The number of hydrogen-bond acceptors (Lipinski definition) is 1. The quantitative estimate of drug-likeness (QED) is 0.778. The normalized spacial score (nSPS) is 13.3. The van der Waals surface area contributed by atoms with Gasteiger partial charge < -0.3 is 5.11 Å². The van der Waals surface area contributed by atoms with E-state index >= 15 is 0 Å². The van der Waals surface area contributed by atoms with Crippen molar-refractivity contribution in [2.24, 2.45) is 0 Å². The highest BCUT2D eigenvalue weighted by Crippen LogP contribution is 2.23. The van der Waals surface area contributed by atoms with Gasteiger partial charge in [0.2, 0.25) is 0 Å². The highest BCUT2D eigenvalue weighted by atomic mass is 16.3. The van der Waals surface area contributed by atoms with Gasteiger partial charge in [0.15, 0.2) is 0 Å². The van der Waals surface area contributed by atoms with Crippen LogP contribution in [0.5, 0.6) is 0 Å². The van der Waals surface area contributed by atoms with Gasteiger partial charge in [0, 0.05) is 0 Å². The van der Waals surface area contributed by atoms with Crippen molar-refractivity contribution in [3.63, 3.8) is 0 Å². The lowest BCUT2D eigenvalue weighted by Gasteiger charge is -2.14. The molecule has 1 unspecified atom stereocenters. The van der Waals surface area contributed by atoms with E-state index < -0.39 is 0 Å². The third-order valence-electron chi connectivity index (χ3n) is 2.67. The van der Waals surface area contributed by atoms with Crippen LogP contribution in [0.2, 0.25) is 0 Å². The molecule has 1 aromatic rings. The Bertz CT molecular complexity index is 300. The lowest BCUT2D eigenvalue weighted by Crippen LogP contribution is -2.00. The molecule has 0 aliphatic rings. The van der Waals surface area contributed by atoms with Gasteiger partial charge >= 0.3 is 0 Å². The van der Waals surface area contributed by atoms with Crippen LogP contribution < -0.4 is 0 Å².